The van der Waals surface area contributed by atoms with Gasteiger partial charge in [-0.2, -0.15) is 0 Å². The van der Waals surface area contributed by atoms with Gasteiger partial charge in [-0.25, -0.2) is 9.18 Å². The number of aryl methyl sites for hydroxylation is 1. The predicted molar refractivity (Wildman–Crippen MR) is 98.4 cm³/mol. The topological polar surface area (TPSA) is 74.5 Å². The van der Waals surface area contributed by atoms with E-state index in [2.05, 4.69) is 10.6 Å². The Morgan fingerprint density at radius 1 is 1.27 bits per heavy atom. The Labute approximate surface area is 153 Å². The Kier molecular flexibility index (Phi) is 5.51. The van der Waals surface area contributed by atoms with E-state index >= 15 is 0 Å². The van der Waals surface area contributed by atoms with Gasteiger partial charge in [0, 0.05) is 11.6 Å². The van der Waals surface area contributed by atoms with E-state index in [0.717, 1.165) is 18.4 Å². The van der Waals surface area contributed by atoms with Crippen molar-refractivity contribution in [2.45, 2.75) is 64.6 Å². The average Bonchev–Trinajstić information content (AvgIpc) is 2.92. The molecule has 1 aromatic carbocycles. The molecule has 3 N–H and O–H groups in total. The summed E-state index contributed by atoms with van der Waals surface area (Å²) in [6.45, 7) is 5.80. The maximum absolute atomic E-state index is 14.1. The fourth-order valence-corrected chi connectivity index (χ4v) is 3.69. The van der Waals surface area contributed by atoms with Crippen LogP contribution in [0.2, 0.25) is 0 Å². The lowest BCUT2D eigenvalue weighted by atomic mass is 9.93. The Hall–Kier alpha value is -2.08. The summed E-state index contributed by atoms with van der Waals surface area (Å²) in [6, 6.07) is 4.23. The SMILES string of the molecule is Cc1c([C@@H](NC(=O)N[C@H]2CC[C@H](O)CC2)C(C)C)oc2cccc(F)c12. The Morgan fingerprint density at radius 3 is 2.58 bits per heavy atom. The molecule has 26 heavy (non-hydrogen) atoms. The van der Waals surface area contributed by atoms with Crippen LogP contribution < -0.4 is 10.6 Å². The van der Waals surface area contributed by atoms with Crippen LogP contribution in [0.1, 0.15) is 56.9 Å². The van der Waals surface area contributed by atoms with Crippen LogP contribution in [-0.2, 0) is 0 Å². The molecular weight excluding hydrogens is 335 g/mol. The lowest BCUT2D eigenvalue weighted by molar-refractivity contribution is 0.117. The molecule has 6 heteroatoms. The molecule has 1 aromatic heterocycles. The van der Waals surface area contributed by atoms with Gasteiger partial charge in [0.1, 0.15) is 17.2 Å². The number of fused-ring (bicyclic) bond motifs is 1. The second-order valence-electron chi connectivity index (χ2n) is 7.55. The molecule has 1 heterocycles. The third-order valence-corrected chi connectivity index (χ3v) is 5.21. The molecule has 1 saturated carbocycles. The largest absolute Gasteiger partial charge is 0.458 e. The number of furan rings is 1. The summed E-state index contributed by atoms with van der Waals surface area (Å²) >= 11 is 0. The van der Waals surface area contributed by atoms with E-state index in [0.29, 0.717) is 29.6 Å². The molecule has 0 saturated heterocycles. The highest BCUT2D eigenvalue weighted by molar-refractivity contribution is 5.83. The number of hydrogen-bond acceptors (Lipinski definition) is 3. The van der Waals surface area contributed by atoms with Crippen molar-refractivity contribution >= 4 is 17.0 Å². The molecule has 2 aromatic rings. The van der Waals surface area contributed by atoms with E-state index in [4.69, 9.17) is 4.42 Å². The summed E-state index contributed by atoms with van der Waals surface area (Å²) in [5.74, 6) is 0.355. The number of halogens is 1. The van der Waals surface area contributed by atoms with Gasteiger partial charge < -0.3 is 20.2 Å². The van der Waals surface area contributed by atoms with E-state index in [1.54, 1.807) is 12.1 Å². The van der Waals surface area contributed by atoms with Crippen LogP contribution in [0.4, 0.5) is 9.18 Å². The molecule has 1 atom stereocenters. The van der Waals surface area contributed by atoms with Gasteiger partial charge in [-0.05, 0) is 50.7 Å². The van der Waals surface area contributed by atoms with E-state index in [1.807, 2.05) is 20.8 Å². The zero-order chi connectivity index (χ0) is 18.8. The highest BCUT2D eigenvalue weighted by Gasteiger charge is 2.27. The molecular formula is C20H27FN2O3. The summed E-state index contributed by atoms with van der Waals surface area (Å²) in [6.07, 6.45) is 2.71. The molecule has 0 bridgehead atoms. The van der Waals surface area contributed by atoms with Gasteiger partial charge in [0.15, 0.2) is 0 Å². The van der Waals surface area contributed by atoms with E-state index < -0.39 is 0 Å². The first-order chi connectivity index (χ1) is 12.4. The molecule has 0 spiro atoms. The molecule has 1 aliphatic carbocycles. The zero-order valence-corrected chi connectivity index (χ0v) is 15.5. The van der Waals surface area contributed by atoms with Gasteiger partial charge in [-0.3, -0.25) is 0 Å². The third kappa shape index (κ3) is 3.85. The van der Waals surface area contributed by atoms with Gasteiger partial charge in [-0.15, -0.1) is 0 Å². The maximum atomic E-state index is 14.1. The fourth-order valence-electron chi connectivity index (χ4n) is 3.69. The highest BCUT2D eigenvalue weighted by atomic mass is 19.1. The number of nitrogens with one attached hydrogen (secondary N) is 2. The van der Waals surface area contributed by atoms with Gasteiger partial charge in [0.05, 0.1) is 17.5 Å². The summed E-state index contributed by atoms with van der Waals surface area (Å²) in [5, 5.41) is 16.0. The van der Waals surface area contributed by atoms with E-state index in [1.165, 1.54) is 6.07 Å². The molecule has 1 aliphatic rings. The fraction of sp³-hybridized carbons (Fsp3) is 0.550. The van der Waals surface area contributed by atoms with Crippen molar-refractivity contribution in [3.05, 3.63) is 35.3 Å². The molecule has 0 unspecified atom stereocenters. The Bertz CT molecular complexity index is 779. The Morgan fingerprint density at radius 2 is 1.96 bits per heavy atom. The van der Waals surface area contributed by atoms with Crippen LogP contribution in [0.15, 0.2) is 22.6 Å². The van der Waals surface area contributed by atoms with Gasteiger partial charge in [0.25, 0.3) is 0 Å². The first-order valence-electron chi connectivity index (χ1n) is 9.29. The smallest absolute Gasteiger partial charge is 0.315 e. The summed E-state index contributed by atoms with van der Waals surface area (Å²) in [5.41, 5.74) is 1.21. The average molecular weight is 362 g/mol. The lowest BCUT2D eigenvalue weighted by Crippen LogP contribution is -2.46. The summed E-state index contributed by atoms with van der Waals surface area (Å²) < 4.78 is 20.0. The zero-order valence-electron chi connectivity index (χ0n) is 15.5. The predicted octanol–water partition coefficient (Wildman–Crippen LogP) is 4.18. The number of aliphatic hydroxyl groups is 1. The van der Waals surface area contributed by atoms with Crippen molar-refractivity contribution in [1.29, 1.82) is 0 Å². The van der Waals surface area contributed by atoms with Crippen molar-refractivity contribution in [3.63, 3.8) is 0 Å². The molecule has 2 amide bonds. The third-order valence-electron chi connectivity index (χ3n) is 5.21. The molecule has 0 radical (unpaired) electrons. The number of carbonyl (C=O) groups is 1. The highest BCUT2D eigenvalue weighted by Crippen LogP contribution is 2.34. The molecule has 3 rings (SSSR count). The minimum atomic E-state index is -0.351. The lowest BCUT2D eigenvalue weighted by Gasteiger charge is -2.28. The second kappa shape index (κ2) is 7.66. The van der Waals surface area contributed by atoms with Crippen LogP contribution in [0.3, 0.4) is 0 Å². The van der Waals surface area contributed by atoms with Gasteiger partial charge in [-0.1, -0.05) is 19.9 Å². The summed E-state index contributed by atoms with van der Waals surface area (Å²) in [7, 11) is 0. The van der Waals surface area contributed by atoms with Crippen molar-refractivity contribution < 1.29 is 18.7 Å². The van der Waals surface area contributed by atoms with E-state index in [-0.39, 0.29) is 36.0 Å². The van der Waals surface area contributed by atoms with Crippen LogP contribution in [0.5, 0.6) is 0 Å². The quantitative estimate of drug-likeness (QED) is 0.764. The molecule has 1 fully saturated rings. The first-order valence-corrected chi connectivity index (χ1v) is 9.29. The van der Waals surface area contributed by atoms with Gasteiger partial charge in [0.2, 0.25) is 0 Å². The molecule has 0 aliphatic heterocycles. The van der Waals surface area contributed by atoms with Crippen LogP contribution >= 0.6 is 0 Å². The van der Waals surface area contributed by atoms with Crippen LogP contribution in [0.25, 0.3) is 11.0 Å². The molecule has 5 nitrogen and oxygen atoms in total. The minimum absolute atomic E-state index is 0.0698. The van der Waals surface area contributed by atoms with Crippen molar-refractivity contribution in [2.75, 3.05) is 0 Å². The summed E-state index contributed by atoms with van der Waals surface area (Å²) in [4.78, 5) is 12.5. The second-order valence-corrected chi connectivity index (χ2v) is 7.55. The van der Waals surface area contributed by atoms with Crippen molar-refractivity contribution in [2.24, 2.45) is 5.92 Å². The number of amides is 2. The number of aliphatic hydroxyl groups excluding tert-OH is 1. The minimum Gasteiger partial charge on any atom is -0.458 e. The number of benzene rings is 1. The number of hydrogen-bond donors (Lipinski definition) is 3. The monoisotopic (exact) mass is 362 g/mol. The number of rotatable bonds is 4. The number of urea groups is 1. The van der Waals surface area contributed by atoms with E-state index in [9.17, 15) is 14.3 Å². The first kappa shape index (κ1) is 18.7. The van der Waals surface area contributed by atoms with Crippen molar-refractivity contribution in [1.82, 2.24) is 10.6 Å². The maximum Gasteiger partial charge on any atom is 0.315 e. The van der Waals surface area contributed by atoms with Crippen LogP contribution in [0, 0.1) is 18.7 Å². The molecule has 142 valence electrons. The Balaban J connectivity index is 1.76. The van der Waals surface area contributed by atoms with Crippen LogP contribution in [-0.4, -0.2) is 23.3 Å². The normalized spacial score (nSPS) is 21.8. The van der Waals surface area contributed by atoms with Gasteiger partial charge >= 0.3 is 6.03 Å². The number of carbonyl (C=O) groups excluding carboxylic acids is 1. The van der Waals surface area contributed by atoms with Crippen molar-refractivity contribution in [3.8, 4) is 0 Å². The standard InChI is InChI=1S/C20H27FN2O3/c1-11(2)18(23-20(25)22-13-7-9-14(24)10-8-13)19-12(3)17-15(21)5-4-6-16(17)26-19/h4-6,11,13-14,18,24H,7-10H2,1-3H3,(H2,22,23,25)/t13-,14-,18-/m0/s1.